The highest BCUT2D eigenvalue weighted by Crippen LogP contribution is 2.43. The van der Waals surface area contributed by atoms with Crippen molar-refractivity contribution < 1.29 is 9.59 Å². The molecule has 2 aliphatic rings. The van der Waals surface area contributed by atoms with Crippen LogP contribution < -0.4 is 5.32 Å². The fourth-order valence-electron chi connectivity index (χ4n) is 5.25. The highest BCUT2D eigenvalue weighted by Gasteiger charge is 2.53. The quantitative estimate of drug-likeness (QED) is 0.699. The third-order valence-corrected chi connectivity index (χ3v) is 7.20. The van der Waals surface area contributed by atoms with Crippen molar-refractivity contribution in [3.63, 3.8) is 0 Å². The highest BCUT2D eigenvalue weighted by molar-refractivity contribution is 6.07. The third kappa shape index (κ3) is 4.29. The minimum atomic E-state index is -0.743. The number of rotatable bonds is 5. The lowest BCUT2D eigenvalue weighted by molar-refractivity contribution is -0.134. The summed E-state index contributed by atoms with van der Waals surface area (Å²) in [6.45, 7) is 6.99. The number of nitrogens with one attached hydrogen (secondary N) is 1. The number of amides is 3. The van der Waals surface area contributed by atoms with Crippen LogP contribution in [0, 0.1) is 11.3 Å². The van der Waals surface area contributed by atoms with Crippen molar-refractivity contribution in [2.75, 3.05) is 13.7 Å². The lowest BCUT2D eigenvalue weighted by Gasteiger charge is -2.40. The zero-order valence-corrected chi connectivity index (χ0v) is 19.5. The maximum atomic E-state index is 13.5. The largest absolute Gasteiger partial charge is 0.326 e. The van der Waals surface area contributed by atoms with Crippen molar-refractivity contribution in [2.45, 2.75) is 58.0 Å². The van der Waals surface area contributed by atoms with E-state index in [4.69, 9.17) is 0 Å². The van der Waals surface area contributed by atoms with E-state index >= 15 is 0 Å². The standard InChI is InChI=1S/C26H34N4O2/c1-25(2,3)20-13-15-26(16-14-20)23(31)30(24(32)28-26)18-29(4)22(19-10-6-5-7-11-19)21-12-8-9-17-27-21/h5-12,17,20,22H,13-16,18H2,1-4H3,(H,28,32). The number of aromatic nitrogens is 1. The van der Waals surface area contributed by atoms with Crippen LogP contribution in [-0.4, -0.2) is 46.0 Å². The lowest BCUT2D eigenvalue weighted by Crippen LogP contribution is -2.51. The summed E-state index contributed by atoms with van der Waals surface area (Å²) in [5.74, 6) is 0.482. The number of imide groups is 1. The van der Waals surface area contributed by atoms with Crippen LogP contribution in [0.4, 0.5) is 4.79 Å². The van der Waals surface area contributed by atoms with Crippen LogP contribution >= 0.6 is 0 Å². The van der Waals surface area contributed by atoms with Crippen molar-refractivity contribution in [3.05, 3.63) is 66.0 Å². The topological polar surface area (TPSA) is 65.5 Å². The summed E-state index contributed by atoms with van der Waals surface area (Å²) in [5, 5.41) is 3.06. The Morgan fingerprint density at radius 2 is 1.75 bits per heavy atom. The van der Waals surface area contributed by atoms with Crippen molar-refractivity contribution in [1.82, 2.24) is 20.1 Å². The molecule has 1 spiro atoms. The fraction of sp³-hybridized carbons (Fsp3) is 0.500. The predicted molar refractivity (Wildman–Crippen MR) is 125 cm³/mol. The van der Waals surface area contributed by atoms with Crippen molar-refractivity contribution >= 4 is 11.9 Å². The number of carbonyl (C=O) groups is 2. The summed E-state index contributed by atoms with van der Waals surface area (Å²) in [6, 6.07) is 15.5. The lowest BCUT2D eigenvalue weighted by atomic mass is 9.67. The summed E-state index contributed by atoms with van der Waals surface area (Å²) in [5.41, 5.74) is 1.43. The molecule has 2 fully saturated rings. The normalized spacial score (nSPS) is 24.8. The van der Waals surface area contributed by atoms with Gasteiger partial charge in [0.25, 0.3) is 5.91 Å². The molecule has 1 aromatic carbocycles. The molecule has 1 unspecified atom stereocenters. The van der Waals surface area contributed by atoms with E-state index in [0.717, 1.165) is 24.1 Å². The van der Waals surface area contributed by atoms with E-state index in [1.165, 1.54) is 4.90 Å². The molecule has 1 saturated heterocycles. The summed E-state index contributed by atoms with van der Waals surface area (Å²) in [7, 11) is 1.94. The molecule has 6 nitrogen and oxygen atoms in total. The van der Waals surface area contributed by atoms with Crippen LogP contribution in [0.25, 0.3) is 0 Å². The summed E-state index contributed by atoms with van der Waals surface area (Å²) < 4.78 is 0. The Balaban J connectivity index is 1.53. The molecule has 1 N–H and O–H groups in total. The van der Waals surface area contributed by atoms with Crippen molar-refractivity contribution in [3.8, 4) is 0 Å². The van der Waals surface area contributed by atoms with Crippen LogP contribution in [0.3, 0.4) is 0 Å². The van der Waals surface area contributed by atoms with Gasteiger partial charge in [-0.3, -0.25) is 14.7 Å². The van der Waals surface area contributed by atoms with Crippen LogP contribution in [-0.2, 0) is 4.79 Å². The second-order valence-electron chi connectivity index (χ2n) is 10.4. The Morgan fingerprint density at radius 1 is 1.09 bits per heavy atom. The average Bonchev–Trinajstić information content (AvgIpc) is 2.99. The zero-order chi connectivity index (χ0) is 22.9. The molecule has 1 aliphatic heterocycles. The Bertz CT molecular complexity index is 907. The van der Waals surface area contributed by atoms with Gasteiger partial charge in [-0.2, -0.15) is 0 Å². The van der Waals surface area contributed by atoms with Crippen LogP contribution in [0.1, 0.15) is 63.8 Å². The number of urea groups is 1. The van der Waals surface area contributed by atoms with Gasteiger partial charge in [0.1, 0.15) is 5.54 Å². The molecule has 2 aromatic rings. The first-order valence-electron chi connectivity index (χ1n) is 11.5. The van der Waals surface area contributed by atoms with E-state index in [-0.39, 0.29) is 30.1 Å². The minimum absolute atomic E-state index is 0.0884. The summed E-state index contributed by atoms with van der Waals surface area (Å²) in [4.78, 5) is 34.4. The van der Waals surface area contributed by atoms with Crippen LogP contribution in [0.2, 0.25) is 0 Å². The molecule has 1 aromatic heterocycles. The number of nitrogens with zero attached hydrogens (tertiary/aromatic N) is 3. The third-order valence-electron chi connectivity index (χ3n) is 7.20. The van der Waals surface area contributed by atoms with Crippen molar-refractivity contribution in [2.24, 2.45) is 11.3 Å². The second-order valence-corrected chi connectivity index (χ2v) is 10.4. The maximum absolute atomic E-state index is 13.5. The van der Waals surface area contributed by atoms with Crippen molar-refractivity contribution in [1.29, 1.82) is 0 Å². The van der Waals surface area contributed by atoms with Gasteiger partial charge in [-0.25, -0.2) is 9.69 Å². The molecule has 1 saturated carbocycles. The molecule has 3 amide bonds. The van der Waals surface area contributed by atoms with Gasteiger partial charge in [0.2, 0.25) is 0 Å². The molecule has 0 bridgehead atoms. The van der Waals surface area contributed by atoms with Crippen LogP contribution in [0.15, 0.2) is 54.7 Å². The van der Waals surface area contributed by atoms with E-state index in [1.807, 2.05) is 48.3 Å². The zero-order valence-electron chi connectivity index (χ0n) is 19.5. The van der Waals surface area contributed by atoms with E-state index in [2.05, 4.69) is 43.2 Å². The Hall–Kier alpha value is -2.73. The molecule has 4 rings (SSSR count). The average molecular weight is 435 g/mol. The van der Waals surface area contributed by atoms with E-state index < -0.39 is 5.54 Å². The molecule has 0 radical (unpaired) electrons. The molecule has 170 valence electrons. The Kier molecular flexibility index (Phi) is 6.08. The first-order chi connectivity index (χ1) is 15.2. The second kappa shape index (κ2) is 8.66. The summed E-state index contributed by atoms with van der Waals surface area (Å²) in [6.07, 6.45) is 5.11. The van der Waals surface area contributed by atoms with Gasteiger partial charge >= 0.3 is 6.03 Å². The number of hydrogen-bond donors (Lipinski definition) is 1. The van der Waals surface area contributed by atoms with E-state index in [9.17, 15) is 9.59 Å². The number of pyridine rings is 1. The van der Waals surface area contributed by atoms with Gasteiger partial charge in [0, 0.05) is 6.20 Å². The summed E-state index contributed by atoms with van der Waals surface area (Å²) >= 11 is 0. The monoisotopic (exact) mass is 434 g/mol. The highest BCUT2D eigenvalue weighted by atomic mass is 16.2. The van der Waals surface area contributed by atoms with Gasteiger partial charge in [-0.05, 0) is 61.8 Å². The van der Waals surface area contributed by atoms with Gasteiger partial charge in [-0.15, -0.1) is 0 Å². The molecular weight excluding hydrogens is 400 g/mol. The van der Waals surface area contributed by atoms with Gasteiger partial charge in [-0.1, -0.05) is 57.2 Å². The molecule has 6 heteroatoms. The Morgan fingerprint density at radius 3 is 2.34 bits per heavy atom. The molecular formula is C26H34N4O2. The van der Waals surface area contributed by atoms with E-state index in [1.54, 1.807) is 6.20 Å². The van der Waals surface area contributed by atoms with E-state index in [0.29, 0.717) is 18.8 Å². The predicted octanol–water partition coefficient (Wildman–Crippen LogP) is 4.59. The molecule has 1 aliphatic carbocycles. The van der Waals surface area contributed by atoms with Gasteiger partial charge in [0.05, 0.1) is 18.4 Å². The van der Waals surface area contributed by atoms with Gasteiger partial charge < -0.3 is 5.32 Å². The first kappa shape index (κ1) is 22.5. The number of benzene rings is 1. The SMILES string of the molecule is CN(CN1C(=O)NC2(CCC(C(C)(C)C)CC2)C1=O)C(c1ccccc1)c1ccccn1. The fourth-order valence-corrected chi connectivity index (χ4v) is 5.25. The number of hydrogen-bond acceptors (Lipinski definition) is 4. The smallest absolute Gasteiger partial charge is 0.323 e. The maximum Gasteiger partial charge on any atom is 0.326 e. The Labute approximate surface area is 191 Å². The van der Waals surface area contributed by atoms with Crippen LogP contribution in [0.5, 0.6) is 0 Å². The first-order valence-corrected chi connectivity index (χ1v) is 11.5. The minimum Gasteiger partial charge on any atom is -0.323 e. The number of carbonyl (C=O) groups excluding carboxylic acids is 2. The molecule has 2 heterocycles. The molecule has 1 atom stereocenters. The molecule has 32 heavy (non-hydrogen) atoms. The van der Waals surface area contributed by atoms with Gasteiger partial charge in [0.15, 0.2) is 0 Å².